The van der Waals surface area contributed by atoms with Gasteiger partial charge in [-0.2, -0.15) is 0 Å². The Morgan fingerprint density at radius 2 is 1.84 bits per heavy atom. The summed E-state index contributed by atoms with van der Waals surface area (Å²) in [5.41, 5.74) is 9.65. The SMILES string of the molecule is CC(NC(=O)[C@H](C)N)c1ccc2c(c1)CCCC2.Cl. The Hall–Kier alpha value is -1.06. The molecule has 3 nitrogen and oxygen atoms in total. The van der Waals surface area contributed by atoms with E-state index in [1.54, 1.807) is 6.92 Å². The summed E-state index contributed by atoms with van der Waals surface area (Å²) in [7, 11) is 0. The summed E-state index contributed by atoms with van der Waals surface area (Å²) < 4.78 is 0. The van der Waals surface area contributed by atoms with Crippen molar-refractivity contribution >= 4 is 18.3 Å². The number of benzene rings is 1. The monoisotopic (exact) mass is 282 g/mol. The summed E-state index contributed by atoms with van der Waals surface area (Å²) in [4.78, 5) is 11.6. The molecule has 0 bridgehead atoms. The standard InChI is InChI=1S/C15H22N2O.ClH/c1-10(16)15(18)17-11(2)13-8-7-12-5-3-4-6-14(12)9-13;/h7-11H,3-6,16H2,1-2H3,(H,17,18);1H/t10-,11?;/m0./s1. The average Bonchev–Trinajstić information content (AvgIpc) is 2.37. The minimum absolute atomic E-state index is 0. The van der Waals surface area contributed by atoms with Crippen molar-refractivity contribution in [2.75, 3.05) is 0 Å². The van der Waals surface area contributed by atoms with Crippen LogP contribution in [-0.2, 0) is 17.6 Å². The number of carbonyl (C=O) groups is 1. The first-order valence-corrected chi connectivity index (χ1v) is 6.75. The van der Waals surface area contributed by atoms with Gasteiger partial charge in [0.2, 0.25) is 5.91 Å². The van der Waals surface area contributed by atoms with Gasteiger partial charge in [-0.1, -0.05) is 18.2 Å². The van der Waals surface area contributed by atoms with Gasteiger partial charge in [-0.05, 0) is 56.2 Å². The van der Waals surface area contributed by atoms with Gasteiger partial charge in [0.05, 0.1) is 12.1 Å². The topological polar surface area (TPSA) is 55.1 Å². The van der Waals surface area contributed by atoms with Crippen LogP contribution >= 0.6 is 12.4 Å². The molecular formula is C15H23ClN2O. The molecule has 0 heterocycles. The van der Waals surface area contributed by atoms with Crippen molar-refractivity contribution in [2.24, 2.45) is 5.73 Å². The van der Waals surface area contributed by atoms with Gasteiger partial charge in [0, 0.05) is 0 Å². The van der Waals surface area contributed by atoms with Crippen LogP contribution in [0.4, 0.5) is 0 Å². The fourth-order valence-electron chi connectivity index (χ4n) is 2.45. The molecule has 1 aromatic carbocycles. The molecule has 0 aromatic heterocycles. The maximum absolute atomic E-state index is 11.6. The molecule has 3 N–H and O–H groups in total. The van der Waals surface area contributed by atoms with E-state index in [-0.39, 0.29) is 24.4 Å². The van der Waals surface area contributed by atoms with E-state index in [1.807, 2.05) is 6.92 Å². The van der Waals surface area contributed by atoms with E-state index in [9.17, 15) is 4.79 Å². The largest absolute Gasteiger partial charge is 0.348 e. The van der Waals surface area contributed by atoms with Crippen LogP contribution in [0.1, 0.15) is 49.4 Å². The second kappa shape index (κ2) is 6.92. The van der Waals surface area contributed by atoms with Gasteiger partial charge in [-0.15, -0.1) is 12.4 Å². The summed E-state index contributed by atoms with van der Waals surface area (Å²) in [6.07, 6.45) is 4.92. The van der Waals surface area contributed by atoms with Gasteiger partial charge >= 0.3 is 0 Å². The Labute approximate surface area is 121 Å². The fraction of sp³-hybridized carbons (Fsp3) is 0.533. The Morgan fingerprint density at radius 1 is 1.21 bits per heavy atom. The van der Waals surface area contributed by atoms with E-state index in [0.717, 1.165) is 6.42 Å². The van der Waals surface area contributed by atoms with Crippen LogP contribution in [0.2, 0.25) is 0 Å². The molecule has 1 aromatic rings. The molecule has 0 radical (unpaired) electrons. The lowest BCUT2D eigenvalue weighted by Crippen LogP contribution is -2.39. The van der Waals surface area contributed by atoms with Crippen LogP contribution in [0.3, 0.4) is 0 Å². The van der Waals surface area contributed by atoms with Gasteiger partial charge in [0.1, 0.15) is 0 Å². The third-order valence-corrected chi connectivity index (χ3v) is 3.64. The predicted molar refractivity (Wildman–Crippen MR) is 80.5 cm³/mol. The highest BCUT2D eigenvalue weighted by Crippen LogP contribution is 2.24. The van der Waals surface area contributed by atoms with Crippen molar-refractivity contribution in [2.45, 2.75) is 51.6 Å². The first kappa shape index (κ1) is 16.0. The van der Waals surface area contributed by atoms with Crippen LogP contribution in [0.15, 0.2) is 18.2 Å². The summed E-state index contributed by atoms with van der Waals surface area (Å²) in [5, 5.41) is 2.94. The summed E-state index contributed by atoms with van der Waals surface area (Å²) >= 11 is 0. The molecule has 2 atom stereocenters. The first-order valence-electron chi connectivity index (χ1n) is 6.75. The molecule has 0 saturated carbocycles. The smallest absolute Gasteiger partial charge is 0.237 e. The van der Waals surface area contributed by atoms with E-state index >= 15 is 0 Å². The molecule has 0 aliphatic heterocycles. The van der Waals surface area contributed by atoms with Crippen molar-refractivity contribution in [1.29, 1.82) is 0 Å². The number of halogens is 1. The Morgan fingerprint density at radius 3 is 2.47 bits per heavy atom. The lowest BCUT2D eigenvalue weighted by molar-refractivity contribution is -0.122. The number of hydrogen-bond donors (Lipinski definition) is 2. The highest BCUT2D eigenvalue weighted by Gasteiger charge is 2.15. The lowest BCUT2D eigenvalue weighted by Gasteiger charge is -2.20. The van der Waals surface area contributed by atoms with Gasteiger partial charge in [0.15, 0.2) is 0 Å². The number of fused-ring (bicyclic) bond motifs is 1. The van der Waals surface area contributed by atoms with Crippen LogP contribution in [-0.4, -0.2) is 11.9 Å². The minimum Gasteiger partial charge on any atom is -0.348 e. The molecule has 2 rings (SSSR count). The summed E-state index contributed by atoms with van der Waals surface area (Å²) in [6.45, 7) is 3.71. The van der Waals surface area contributed by atoms with Crippen molar-refractivity contribution < 1.29 is 4.79 Å². The van der Waals surface area contributed by atoms with E-state index in [0.29, 0.717) is 0 Å². The van der Waals surface area contributed by atoms with E-state index in [4.69, 9.17) is 5.73 Å². The number of nitrogens with two attached hydrogens (primary N) is 1. The van der Waals surface area contributed by atoms with Crippen LogP contribution < -0.4 is 11.1 Å². The quantitative estimate of drug-likeness (QED) is 0.895. The van der Waals surface area contributed by atoms with E-state index in [2.05, 4.69) is 23.5 Å². The van der Waals surface area contributed by atoms with E-state index < -0.39 is 6.04 Å². The number of carbonyl (C=O) groups excluding carboxylic acids is 1. The first-order chi connectivity index (χ1) is 8.58. The molecule has 0 saturated heterocycles. The highest BCUT2D eigenvalue weighted by atomic mass is 35.5. The molecule has 1 amide bonds. The van der Waals surface area contributed by atoms with Gasteiger partial charge in [0.25, 0.3) is 0 Å². The van der Waals surface area contributed by atoms with Gasteiger partial charge in [-0.25, -0.2) is 0 Å². The zero-order chi connectivity index (χ0) is 13.1. The third kappa shape index (κ3) is 3.95. The Balaban J connectivity index is 0.00000180. The van der Waals surface area contributed by atoms with Crippen LogP contribution in [0, 0.1) is 0 Å². The maximum atomic E-state index is 11.6. The predicted octanol–water partition coefficient (Wildman–Crippen LogP) is 2.51. The second-order valence-electron chi connectivity index (χ2n) is 5.25. The number of nitrogens with one attached hydrogen (secondary N) is 1. The molecule has 0 fully saturated rings. The zero-order valence-electron chi connectivity index (χ0n) is 11.6. The lowest BCUT2D eigenvalue weighted by atomic mass is 9.89. The molecule has 0 spiro atoms. The van der Waals surface area contributed by atoms with Crippen molar-refractivity contribution in [3.8, 4) is 0 Å². The van der Waals surface area contributed by atoms with Gasteiger partial charge < -0.3 is 11.1 Å². The fourth-order valence-corrected chi connectivity index (χ4v) is 2.45. The molecule has 106 valence electrons. The molecule has 1 aliphatic rings. The average molecular weight is 283 g/mol. The summed E-state index contributed by atoms with van der Waals surface area (Å²) in [5.74, 6) is -0.0970. The van der Waals surface area contributed by atoms with Crippen molar-refractivity contribution in [1.82, 2.24) is 5.32 Å². The van der Waals surface area contributed by atoms with Gasteiger partial charge in [-0.3, -0.25) is 4.79 Å². The van der Waals surface area contributed by atoms with E-state index in [1.165, 1.54) is 36.0 Å². The second-order valence-corrected chi connectivity index (χ2v) is 5.25. The number of aryl methyl sites for hydroxylation is 2. The number of rotatable bonds is 3. The normalized spacial score (nSPS) is 16.8. The highest BCUT2D eigenvalue weighted by molar-refractivity contribution is 5.85. The minimum atomic E-state index is -0.454. The molecule has 19 heavy (non-hydrogen) atoms. The van der Waals surface area contributed by atoms with Crippen LogP contribution in [0.5, 0.6) is 0 Å². The molecule has 1 aliphatic carbocycles. The third-order valence-electron chi connectivity index (χ3n) is 3.64. The molecule has 4 heteroatoms. The number of amides is 1. The molecular weight excluding hydrogens is 260 g/mol. The van der Waals surface area contributed by atoms with Crippen molar-refractivity contribution in [3.63, 3.8) is 0 Å². The van der Waals surface area contributed by atoms with Crippen LogP contribution in [0.25, 0.3) is 0 Å². The molecule has 1 unspecified atom stereocenters. The Bertz CT molecular complexity index is 446. The Kier molecular flexibility index (Phi) is 5.83. The zero-order valence-corrected chi connectivity index (χ0v) is 12.4. The summed E-state index contributed by atoms with van der Waals surface area (Å²) in [6, 6.07) is 6.13. The van der Waals surface area contributed by atoms with Crippen molar-refractivity contribution in [3.05, 3.63) is 34.9 Å². The number of hydrogen-bond acceptors (Lipinski definition) is 2. The maximum Gasteiger partial charge on any atom is 0.237 e.